The summed E-state index contributed by atoms with van der Waals surface area (Å²) in [5.74, 6) is -0.233. The molecule has 0 bridgehead atoms. The lowest BCUT2D eigenvalue weighted by molar-refractivity contribution is -0.132. The van der Waals surface area contributed by atoms with Gasteiger partial charge in [0.2, 0.25) is 5.91 Å². The van der Waals surface area contributed by atoms with Gasteiger partial charge in [0.1, 0.15) is 0 Å². The van der Waals surface area contributed by atoms with Crippen molar-refractivity contribution in [3.05, 3.63) is 64.5 Å². The Kier molecular flexibility index (Phi) is 5.66. The van der Waals surface area contributed by atoms with Crippen molar-refractivity contribution in [1.82, 2.24) is 9.88 Å². The van der Waals surface area contributed by atoms with Crippen LogP contribution in [0, 0.1) is 0 Å². The van der Waals surface area contributed by atoms with E-state index in [2.05, 4.69) is 36.2 Å². The lowest BCUT2D eigenvalue weighted by atomic mass is 9.96. The van der Waals surface area contributed by atoms with Gasteiger partial charge in [-0.1, -0.05) is 31.2 Å². The van der Waals surface area contributed by atoms with Crippen molar-refractivity contribution in [1.29, 1.82) is 0 Å². The number of carbonyl (C=O) groups is 2. The van der Waals surface area contributed by atoms with Crippen LogP contribution < -0.4 is 0 Å². The molecule has 0 saturated carbocycles. The van der Waals surface area contributed by atoms with Crippen LogP contribution in [-0.2, 0) is 35.3 Å². The SMILES string of the molecule is CCc1ccc(CCC(=O)N2CCc3c(cncc3C(=O)OC)C2)cc1. The van der Waals surface area contributed by atoms with Crippen molar-refractivity contribution in [3.8, 4) is 0 Å². The second kappa shape index (κ2) is 8.13. The van der Waals surface area contributed by atoms with E-state index in [1.807, 2.05) is 4.90 Å². The maximum atomic E-state index is 12.6. The molecule has 1 aliphatic heterocycles. The van der Waals surface area contributed by atoms with Crippen molar-refractivity contribution in [2.45, 2.75) is 39.2 Å². The number of pyridine rings is 1. The van der Waals surface area contributed by atoms with Gasteiger partial charge in [-0.3, -0.25) is 9.78 Å². The molecule has 1 aromatic carbocycles. The van der Waals surface area contributed by atoms with Crippen LogP contribution in [-0.4, -0.2) is 35.4 Å². The Labute approximate surface area is 154 Å². The van der Waals surface area contributed by atoms with Crippen LogP contribution in [0.3, 0.4) is 0 Å². The van der Waals surface area contributed by atoms with E-state index in [1.54, 1.807) is 12.4 Å². The summed E-state index contributed by atoms with van der Waals surface area (Å²) in [7, 11) is 1.37. The molecule has 0 radical (unpaired) electrons. The minimum absolute atomic E-state index is 0.138. The Morgan fingerprint density at radius 1 is 1.15 bits per heavy atom. The number of hydrogen-bond donors (Lipinski definition) is 0. The first-order valence-electron chi connectivity index (χ1n) is 9.02. The fraction of sp³-hybridized carbons (Fsp3) is 0.381. The topological polar surface area (TPSA) is 59.5 Å². The zero-order valence-corrected chi connectivity index (χ0v) is 15.3. The van der Waals surface area contributed by atoms with E-state index < -0.39 is 0 Å². The molecule has 26 heavy (non-hydrogen) atoms. The number of methoxy groups -OCH3 is 1. The molecule has 5 heteroatoms. The highest BCUT2D eigenvalue weighted by Gasteiger charge is 2.24. The summed E-state index contributed by atoms with van der Waals surface area (Å²) in [6.07, 6.45) is 6.19. The number of nitrogens with zero attached hydrogens (tertiary/aromatic N) is 2. The summed E-state index contributed by atoms with van der Waals surface area (Å²) in [5.41, 5.74) is 4.88. The fourth-order valence-electron chi connectivity index (χ4n) is 3.34. The molecule has 3 rings (SSSR count). The largest absolute Gasteiger partial charge is 0.465 e. The molecule has 0 unspecified atom stereocenters. The van der Waals surface area contributed by atoms with Gasteiger partial charge in [-0.2, -0.15) is 0 Å². The van der Waals surface area contributed by atoms with E-state index >= 15 is 0 Å². The molecule has 1 amide bonds. The van der Waals surface area contributed by atoms with Gasteiger partial charge in [-0.15, -0.1) is 0 Å². The molecule has 2 aromatic rings. The summed E-state index contributed by atoms with van der Waals surface area (Å²) in [4.78, 5) is 30.4. The number of benzene rings is 1. The first-order chi connectivity index (χ1) is 12.6. The molecular formula is C21H24N2O3. The van der Waals surface area contributed by atoms with Gasteiger partial charge >= 0.3 is 5.97 Å². The minimum Gasteiger partial charge on any atom is -0.465 e. The minimum atomic E-state index is -0.371. The summed E-state index contributed by atoms with van der Waals surface area (Å²) in [5, 5.41) is 0. The van der Waals surface area contributed by atoms with Gasteiger partial charge in [0.15, 0.2) is 0 Å². The zero-order chi connectivity index (χ0) is 18.5. The Hall–Kier alpha value is -2.69. The molecule has 2 heterocycles. The lowest BCUT2D eigenvalue weighted by Crippen LogP contribution is -2.36. The monoisotopic (exact) mass is 352 g/mol. The second-order valence-corrected chi connectivity index (χ2v) is 6.55. The Morgan fingerprint density at radius 3 is 2.58 bits per heavy atom. The number of aromatic nitrogens is 1. The smallest absolute Gasteiger partial charge is 0.339 e. The summed E-state index contributed by atoms with van der Waals surface area (Å²) >= 11 is 0. The highest BCUT2D eigenvalue weighted by Crippen LogP contribution is 2.23. The number of esters is 1. The predicted molar refractivity (Wildman–Crippen MR) is 98.8 cm³/mol. The molecule has 0 atom stereocenters. The fourth-order valence-corrected chi connectivity index (χ4v) is 3.34. The predicted octanol–water partition coefficient (Wildman–Crippen LogP) is 2.95. The number of ether oxygens (including phenoxy) is 1. The molecule has 136 valence electrons. The van der Waals surface area contributed by atoms with Gasteiger partial charge < -0.3 is 9.64 Å². The van der Waals surface area contributed by atoms with Crippen molar-refractivity contribution < 1.29 is 14.3 Å². The number of hydrogen-bond acceptors (Lipinski definition) is 4. The van der Waals surface area contributed by atoms with E-state index in [9.17, 15) is 9.59 Å². The summed E-state index contributed by atoms with van der Waals surface area (Å²) < 4.78 is 4.82. The Morgan fingerprint density at radius 2 is 1.88 bits per heavy atom. The number of carbonyl (C=O) groups excluding carboxylic acids is 2. The summed E-state index contributed by atoms with van der Waals surface area (Å²) in [6.45, 7) is 3.25. The van der Waals surface area contributed by atoms with E-state index in [4.69, 9.17) is 4.74 Å². The van der Waals surface area contributed by atoms with Crippen LogP contribution in [0.15, 0.2) is 36.7 Å². The third-order valence-electron chi connectivity index (χ3n) is 4.96. The van der Waals surface area contributed by atoms with Gasteiger partial charge in [-0.25, -0.2) is 4.79 Å². The highest BCUT2D eigenvalue weighted by molar-refractivity contribution is 5.91. The molecule has 0 N–H and O–H groups in total. The molecular weight excluding hydrogens is 328 g/mol. The van der Waals surface area contributed by atoms with E-state index in [-0.39, 0.29) is 11.9 Å². The average molecular weight is 352 g/mol. The summed E-state index contributed by atoms with van der Waals surface area (Å²) in [6, 6.07) is 8.45. The van der Waals surface area contributed by atoms with Gasteiger partial charge in [-0.05, 0) is 41.5 Å². The van der Waals surface area contributed by atoms with E-state index in [0.717, 1.165) is 24.0 Å². The molecule has 0 saturated heterocycles. The van der Waals surface area contributed by atoms with Crippen molar-refractivity contribution in [2.75, 3.05) is 13.7 Å². The third-order valence-corrected chi connectivity index (χ3v) is 4.96. The number of fused-ring (bicyclic) bond motifs is 1. The van der Waals surface area contributed by atoms with Crippen LogP contribution in [0.4, 0.5) is 0 Å². The van der Waals surface area contributed by atoms with Gasteiger partial charge in [0.25, 0.3) is 0 Å². The Bertz CT molecular complexity index is 799. The van der Waals surface area contributed by atoms with Crippen molar-refractivity contribution in [2.24, 2.45) is 0 Å². The lowest BCUT2D eigenvalue weighted by Gasteiger charge is -2.29. The number of rotatable bonds is 5. The molecule has 0 fully saturated rings. The van der Waals surface area contributed by atoms with Crippen LogP contribution in [0.2, 0.25) is 0 Å². The average Bonchev–Trinajstić information content (AvgIpc) is 2.70. The first-order valence-corrected chi connectivity index (χ1v) is 9.02. The maximum Gasteiger partial charge on any atom is 0.339 e. The van der Waals surface area contributed by atoms with Gasteiger partial charge in [0, 0.05) is 31.9 Å². The normalized spacial score (nSPS) is 13.2. The number of amides is 1. The quantitative estimate of drug-likeness (QED) is 0.776. The molecule has 0 spiro atoms. The Balaban J connectivity index is 1.63. The first kappa shape index (κ1) is 18.1. The maximum absolute atomic E-state index is 12.6. The molecule has 0 aliphatic carbocycles. The van der Waals surface area contributed by atoms with Crippen molar-refractivity contribution >= 4 is 11.9 Å². The standard InChI is InChI=1S/C21H24N2O3/c1-3-15-4-6-16(7-5-15)8-9-20(24)23-11-10-18-17(14-23)12-22-13-19(18)21(25)26-2/h4-7,12-13H,3,8-11,14H2,1-2H3. The van der Waals surface area contributed by atoms with Crippen LogP contribution in [0.1, 0.15) is 46.0 Å². The molecule has 5 nitrogen and oxygen atoms in total. The molecule has 1 aliphatic rings. The van der Waals surface area contributed by atoms with Crippen LogP contribution >= 0.6 is 0 Å². The second-order valence-electron chi connectivity index (χ2n) is 6.55. The third kappa shape index (κ3) is 3.93. The highest BCUT2D eigenvalue weighted by atomic mass is 16.5. The molecule has 1 aromatic heterocycles. The van der Waals surface area contributed by atoms with E-state index in [1.165, 1.54) is 18.2 Å². The van der Waals surface area contributed by atoms with Crippen LogP contribution in [0.5, 0.6) is 0 Å². The number of aryl methyl sites for hydroxylation is 2. The van der Waals surface area contributed by atoms with Crippen molar-refractivity contribution in [3.63, 3.8) is 0 Å². The van der Waals surface area contributed by atoms with Gasteiger partial charge in [0.05, 0.1) is 12.7 Å². The van der Waals surface area contributed by atoms with E-state index in [0.29, 0.717) is 31.5 Å². The van der Waals surface area contributed by atoms with Crippen LogP contribution in [0.25, 0.3) is 0 Å². The zero-order valence-electron chi connectivity index (χ0n) is 15.3.